The Morgan fingerprint density at radius 1 is 1.20 bits per heavy atom. The summed E-state index contributed by atoms with van der Waals surface area (Å²) in [5.41, 5.74) is 1.34. The van der Waals surface area contributed by atoms with Gasteiger partial charge >= 0.3 is 16.6 Å². The second-order valence-electron chi connectivity index (χ2n) is 5.37. The van der Waals surface area contributed by atoms with E-state index in [9.17, 15) is 18.3 Å². The highest BCUT2D eigenvalue weighted by Gasteiger charge is 2.29. The molecular formula is C17H19NO6S. The van der Waals surface area contributed by atoms with Crippen molar-refractivity contribution >= 4 is 16.6 Å². The number of phenolic OH excluding ortho intramolecular Hbond substituents is 1. The van der Waals surface area contributed by atoms with E-state index in [1.54, 1.807) is 19.2 Å². The summed E-state index contributed by atoms with van der Waals surface area (Å²) in [6.07, 6.45) is 0. The van der Waals surface area contributed by atoms with Crippen molar-refractivity contribution in [3.8, 4) is 17.2 Å². The van der Waals surface area contributed by atoms with Crippen molar-refractivity contribution in [2.24, 2.45) is 0 Å². The normalized spacial score (nSPS) is 12.4. The molecular weight excluding hydrogens is 346 g/mol. The fourth-order valence-electron chi connectivity index (χ4n) is 2.25. The van der Waals surface area contributed by atoms with Gasteiger partial charge in [0, 0.05) is 6.54 Å². The first-order valence-electron chi connectivity index (χ1n) is 7.45. The Bertz CT molecular complexity index is 833. The van der Waals surface area contributed by atoms with Crippen LogP contribution < -0.4 is 10.1 Å². The Labute approximate surface area is 146 Å². The molecule has 2 aromatic rings. The SMILES string of the molecule is CNCC(c1ccc(Oc2ccc(C)cc2)c(O)c1)S(=O)(=O)OC=O. The first-order chi connectivity index (χ1) is 11.9. The first-order valence-corrected chi connectivity index (χ1v) is 8.92. The topological polar surface area (TPSA) is 102 Å². The molecule has 0 radical (unpaired) electrons. The molecule has 0 fully saturated rings. The van der Waals surface area contributed by atoms with Gasteiger partial charge in [-0.05, 0) is 43.8 Å². The smallest absolute Gasteiger partial charge is 0.319 e. The van der Waals surface area contributed by atoms with E-state index in [-0.39, 0.29) is 30.1 Å². The van der Waals surface area contributed by atoms with Gasteiger partial charge in [0.05, 0.1) is 0 Å². The van der Waals surface area contributed by atoms with Crippen LogP contribution in [-0.2, 0) is 19.1 Å². The van der Waals surface area contributed by atoms with Gasteiger partial charge in [-0.1, -0.05) is 23.8 Å². The van der Waals surface area contributed by atoms with Gasteiger partial charge in [-0.15, -0.1) is 0 Å². The van der Waals surface area contributed by atoms with Gasteiger partial charge in [0.2, 0.25) is 0 Å². The summed E-state index contributed by atoms with van der Waals surface area (Å²) in [7, 11) is -2.60. The lowest BCUT2D eigenvalue weighted by Crippen LogP contribution is -2.26. The number of phenols is 1. The summed E-state index contributed by atoms with van der Waals surface area (Å²) in [6, 6.07) is 11.5. The largest absolute Gasteiger partial charge is 0.504 e. The van der Waals surface area contributed by atoms with Crippen LogP contribution in [0, 0.1) is 6.92 Å². The summed E-state index contributed by atoms with van der Waals surface area (Å²) in [6.45, 7) is 1.82. The van der Waals surface area contributed by atoms with E-state index in [0.717, 1.165) is 5.56 Å². The van der Waals surface area contributed by atoms with Gasteiger partial charge in [0.25, 0.3) is 0 Å². The molecule has 0 bridgehead atoms. The maximum absolute atomic E-state index is 12.0. The Morgan fingerprint density at radius 3 is 2.44 bits per heavy atom. The van der Waals surface area contributed by atoms with Gasteiger partial charge in [-0.2, -0.15) is 8.42 Å². The van der Waals surface area contributed by atoms with Crippen LogP contribution in [0.15, 0.2) is 42.5 Å². The zero-order valence-corrected chi connectivity index (χ0v) is 14.6. The van der Waals surface area contributed by atoms with Crippen LogP contribution in [0.3, 0.4) is 0 Å². The molecule has 2 rings (SSSR count). The van der Waals surface area contributed by atoms with E-state index < -0.39 is 15.4 Å². The minimum Gasteiger partial charge on any atom is -0.504 e. The maximum atomic E-state index is 12.0. The number of nitrogens with one attached hydrogen (secondary N) is 1. The van der Waals surface area contributed by atoms with Crippen molar-refractivity contribution in [1.82, 2.24) is 5.32 Å². The molecule has 7 nitrogen and oxygen atoms in total. The van der Waals surface area contributed by atoms with E-state index in [4.69, 9.17) is 4.74 Å². The van der Waals surface area contributed by atoms with Gasteiger partial charge < -0.3 is 19.3 Å². The molecule has 1 unspecified atom stereocenters. The quantitative estimate of drug-likeness (QED) is 0.546. The predicted molar refractivity (Wildman–Crippen MR) is 92.1 cm³/mol. The number of hydrogen-bond acceptors (Lipinski definition) is 7. The van der Waals surface area contributed by atoms with Crippen molar-refractivity contribution in [1.29, 1.82) is 0 Å². The highest BCUT2D eigenvalue weighted by atomic mass is 32.2. The second-order valence-corrected chi connectivity index (χ2v) is 7.12. The van der Waals surface area contributed by atoms with E-state index >= 15 is 0 Å². The van der Waals surface area contributed by atoms with Crippen LogP contribution in [0.25, 0.3) is 0 Å². The molecule has 134 valence electrons. The van der Waals surface area contributed by atoms with E-state index in [2.05, 4.69) is 9.50 Å². The first kappa shape index (κ1) is 18.8. The molecule has 1 atom stereocenters. The zero-order chi connectivity index (χ0) is 18.4. The third-order valence-electron chi connectivity index (χ3n) is 3.51. The minimum absolute atomic E-state index is 0.00772. The van der Waals surface area contributed by atoms with Crippen molar-refractivity contribution in [3.05, 3.63) is 53.6 Å². The summed E-state index contributed by atoms with van der Waals surface area (Å²) < 4.78 is 33.9. The molecule has 0 aliphatic rings. The number of aromatic hydroxyl groups is 1. The number of carbonyl (C=O) groups excluding carboxylic acids is 1. The Kier molecular flexibility index (Phi) is 6.00. The van der Waals surface area contributed by atoms with Crippen LogP contribution in [0.1, 0.15) is 16.4 Å². The second kappa shape index (κ2) is 8.00. The fraction of sp³-hybridized carbons (Fsp3) is 0.235. The monoisotopic (exact) mass is 365 g/mol. The van der Waals surface area contributed by atoms with Crippen molar-refractivity contribution in [2.75, 3.05) is 13.6 Å². The lowest BCUT2D eigenvalue weighted by atomic mass is 10.1. The molecule has 2 N–H and O–H groups in total. The third kappa shape index (κ3) is 4.71. The van der Waals surface area contributed by atoms with Gasteiger partial charge in [0.1, 0.15) is 11.0 Å². The summed E-state index contributed by atoms with van der Waals surface area (Å²) in [5.74, 6) is 0.502. The lowest BCUT2D eigenvalue weighted by molar-refractivity contribution is -0.120. The van der Waals surface area contributed by atoms with Crippen molar-refractivity contribution in [2.45, 2.75) is 12.2 Å². The number of likely N-dealkylation sites (N-methyl/N-ethyl adjacent to an activating group) is 1. The van der Waals surface area contributed by atoms with Gasteiger partial charge in [-0.3, -0.25) is 4.79 Å². The number of rotatable bonds is 8. The van der Waals surface area contributed by atoms with Crippen LogP contribution in [0.5, 0.6) is 17.2 Å². The van der Waals surface area contributed by atoms with Gasteiger partial charge in [-0.25, -0.2) is 0 Å². The molecule has 0 saturated carbocycles. The Morgan fingerprint density at radius 2 is 1.88 bits per heavy atom. The lowest BCUT2D eigenvalue weighted by Gasteiger charge is -2.17. The molecule has 0 saturated heterocycles. The van der Waals surface area contributed by atoms with E-state index in [0.29, 0.717) is 5.75 Å². The average molecular weight is 365 g/mol. The molecule has 0 aromatic heterocycles. The van der Waals surface area contributed by atoms with Crippen LogP contribution in [-0.4, -0.2) is 33.6 Å². The average Bonchev–Trinajstić information content (AvgIpc) is 2.56. The standard InChI is InChI=1S/C17H19NO6S/c1-12-3-6-14(7-4-12)24-16-8-5-13(9-15(16)20)17(10-18-2)25(21,22)23-11-19/h3-9,11,17-18,20H,10H2,1-2H3. The van der Waals surface area contributed by atoms with Crippen LogP contribution in [0.2, 0.25) is 0 Å². The highest BCUT2D eigenvalue weighted by molar-refractivity contribution is 7.87. The maximum Gasteiger partial charge on any atom is 0.319 e. The number of ether oxygens (including phenoxy) is 1. The molecule has 0 aliphatic carbocycles. The summed E-state index contributed by atoms with van der Waals surface area (Å²) >= 11 is 0. The van der Waals surface area contributed by atoms with Crippen LogP contribution >= 0.6 is 0 Å². The minimum atomic E-state index is -4.16. The summed E-state index contributed by atoms with van der Waals surface area (Å²) in [5, 5.41) is 11.7. The molecule has 0 aliphatic heterocycles. The molecule has 2 aromatic carbocycles. The van der Waals surface area contributed by atoms with E-state index in [1.807, 2.05) is 19.1 Å². The molecule has 0 spiro atoms. The number of carbonyl (C=O) groups is 1. The molecule has 0 heterocycles. The predicted octanol–water partition coefficient (Wildman–Crippen LogP) is 2.26. The Balaban J connectivity index is 2.30. The number of hydrogen-bond donors (Lipinski definition) is 2. The van der Waals surface area contributed by atoms with Crippen LogP contribution in [0.4, 0.5) is 0 Å². The Hall–Kier alpha value is -2.58. The molecule has 25 heavy (non-hydrogen) atoms. The zero-order valence-electron chi connectivity index (χ0n) is 13.8. The third-order valence-corrected chi connectivity index (χ3v) is 5.00. The van der Waals surface area contributed by atoms with Crippen molar-refractivity contribution < 1.29 is 27.2 Å². The van der Waals surface area contributed by atoms with Gasteiger partial charge in [0.15, 0.2) is 11.5 Å². The van der Waals surface area contributed by atoms with E-state index in [1.165, 1.54) is 18.2 Å². The highest BCUT2D eigenvalue weighted by Crippen LogP contribution is 2.35. The molecule has 8 heteroatoms. The molecule has 0 amide bonds. The van der Waals surface area contributed by atoms with Crippen molar-refractivity contribution in [3.63, 3.8) is 0 Å². The fourth-order valence-corrected chi connectivity index (χ4v) is 3.34. The number of aryl methyl sites for hydroxylation is 1. The number of benzene rings is 2. The summed E-state index contributed by atoms with van der Waals surface area (Å²) in [4.78, 5) is 10.4.